The standard InChI is InChI=1S/C13H15FN4O2/c1-2-5-17-9-10(8-16-17)7-15-12-4-3-11(14)6-13(12)18(19)20/h3-4,6,8-9,15H,2,5,7H2,1H3. The minimum absolute atomic E-state index is 0.272. The smallest absolute Gasteiger partial charge is 0.295 e. The van der Waals surface area contributed by atoms with Crippen LogP contribution >= 0.6 is 0 Å². The van der Waals surface area contributed by atoms with Gasteiger partial charge in [-0.25, -0.2) is 4.39 Å². The predicted octanol–water partition coefficient (Wildman–Crippen LogP) is 2.95. The Morgan fingerprint density at radius 2 is 2.30 bits per heavy atom. The Balaban J connectivity index is 2.08. The summed E-state index contributed by atoms with van der Waals surface area (Å²) in [5.74, 6) is -0.627. The second-order valence-electron chi connectivity index (χ2n) is 4.38. The molecule has 1 N–H and O–H groups in total. The largest absolute Gasteiger partial charge is 0.375 e. The molecule has 0 bridgehead atoms. The number of nitrogens with zero attached hydrogens (tertiary/aromatic N) is 3. The van der Waals surface area contributed by atoms with Gasteiger partial charge in [-0.3, -0.25) is 14.8 Å². The molecule has 0 aliphatic carbocycles. The predicted molar refractivity (Wildman–Crippen MR) is 72.9 cm³/mol. The van der Waals surface area contributed by atoms with Gasteiger partial charge in [0.1, 0.15) is 11.5 Å². The van der Waals surface area contributed by atoms with E-state index in [2.05, 4.69) is 17.3 Å². The van der Waals surface area contributed by atoms with E-state index >= 15 is 0 Å². The van der Waals surface area contributed by atoms with Crippen LogP contribution in [0.3, 0.4) is 0 Å². The summed E-state index contributed by atoms with van der Waals surface area (Å²) in [7, 11) is 0. The summed E-state index contributed by atoms with van der Waals surface area (Å²) in [6, 6.07) is 3.46. The van der Waals surface area contributed by atoms with Crippen LogP contribution in [-0.2, 0) is 13.1 Å². The molecule has 106 valence electrons. The number of halogens is 1. The topological polar surface area (TPSA) is 73.0 Å². The highest BCUT2D eigenvalue weighted by atomic mass is 19.1. The number of nitrogens with one attached hydrogen (secondary N) is 1. The summed E-state index contributed by atoms with van der Waals surface area (Å²) >= 11 is 0. The van der Waals surface area contributed by atoms with Crippen molar-refractivity contribution in [3.8, 4) is 0 Å². The number of benzene rings is 1. The van der Waals surface area contributed by atoms with Crippen LogP contribution in [0.5, 0.6) is 0 Å². The highest BCUT2D eigenvalue weighted by molar-refractivity contribution is 5.61. The van der Waals surface area contributed by atoms with Crippen LogP contribution < -0.4 is 5.32 Å². The van der Waals surface area contributed by atoms with E-state index in [0.717, 1.165) is 24.6 Å². The van der Waals surface area contributed by atoms with Crippen molar-refractivity contribution in [1.82, 2.24) is 9.78 Å². The summed E-state index contributed by atoms with van der Waals surface area (Å²) in [6.45, 7) is 3.29. The van der Waals surface area contributed by atoms with Crippen LogP contribution in [0.2, 0.25) is 0 Å². The molecule has 6 nitrogen and oxygen atoms in total. The molecule has 1 aromatic carbocycles. The number of nitro benzene ring substituents is 1. The zero-order valence-electron chi connectivity index (χ0n) is 11.0. The maximum atomic E-state index is 13.0. The van der Waals surface area contributed by atoms with E-state index in [4.69, 9.17) is 0 Å². The van der Waals surface area contributed by atoms with E-state index in [1.165, 1.54) is 12.1 Å². The van der Waals surface area contributed by atoms with E-state index in [1.54, 1.807) is 6.20 Å². The van der Waals surface area contributed by atoms with Gasteiger partial charge < -0.3 is 5.32 Å². The van der Waals surface area contributed by atoms with Crippen molar-refractivity contribution in [2.24, 2.45) is 0 Å². The fourth-order valence-electron chi connectivity index (χ4n) is 1.85. The number of rotatable bonds is 6. The molecule has 0 unspecified atom stereocenters. The van der Waals surface area contributed by atoms with Gasteiger partial charge in [0.05, 0.1) is 17.2 Å². The van der Waals surface area contributed by atoms with Crippen molar-refractivity contribution in [2.75, 3.05) is 5.32 Å². The van der Waals surface area contributed by atoms with Gasteiger partial charge in [-0.1, -0.05) is 6.92 Å². The van der Waals surface area contributed by atoms with Crippen molar-refractivity contribution >= 4 is 11.4 Å². The van der Waals surface area contributed by atoms with Crippen molar-refractivity contribution in [3.05, 3.63) is 52.1 Å². The second-order valence-corrected chi connectivity index (χ2v) is 4.38. The van der Waals surface area contributed by atoms with Crippen LogP contribution in [0.25, 0.3) is 0 Å². The summed E-state index contributed by atoms with van der Waals surface area (Å²) in [6.07, 6.45) is 4.57. The quantitative estimate of drug-likeness (QED) is 0.651. The highest BCUT2D eigenvalue weighted by Crippen LogP contribution is 2.25. The van der Waals surface area contributed by atoms with Gasteiger partial charge >= 0.3 is 0 Å². The lowest BCUT2D eigenvalue weighted by atomic mass is 10.2. The van der Waals surface area contributed by atoms with Gasteiger partial charge in [0.2, 0.25) is 0 Å². The first-order valence-corrected chi connectivity index (χ1v) is 6.29. The highest BCUT2D eigenvalue weighted by Gasteiger charge is 2.14. The van der Waals surface area contributed by atoms with Gasteiger partial charge in [0.15, 0.2) is 0 Å². The van der Waals surface area contributed by atoms with E-state index in [0.29, 0.717) is 12.2 Å². The third kappa shape index (κ3) is 3.31. The number of aryl methyl sites for hydroxylation is 1. The maximum Gasteiger partial charge on any atom is 0.295 e. The number of aromatic nitrogens is 2. The molecule has 7 heteroatoms. The van der Waals surface area contributed by atoms with E-state index in [9.17, 15) is 14.5 Å². The number of anilines is 1. The van der Waals surface area contributed by atoms with Gasteiger partial charge in [-0.2, -0.15) is 5.10 Å². The molecule has 20 heavy (non-hydrogen) atoms. The summed E-state index contributed by atoms with van der Waals surface area (Å²) in [5.41, 5.74) is 0.933. The third-order valence-electron chi connectivity index (χ3n) is 2.78. The monoisotopic (exact) mass is 278 g/mol. The Hall–Kier alpha value is -2.44. The average molecular weight is 278 g/mol. The van der Waals surface area contributed by atoms with Gasteiger partial charge in [-0.15, -0.1) is 0 Å². The minimum Gasteiger partial charge on any atom is -0.375 e. The van der Waals surface area contributed by atoms with Crippen LogP contribution in [0.4, 0.5) is 15.8 Å². The Morgan fingerprint density at radius 1 is 1.50 bits per heavy atom. The number of nitro groups is 1. The fraction of sp³-hybridized carbons (Fsp3) is 0.308. The Kier molecular flexibility index (Phi) is 4.29. The molecule has 0 saturated heterocycles. The molecule has 2 aromatic rings. The molecule has 1 heterocycles. The number of hydrogen-bond acceptors (Lipinski definition) is 4. The molecule has 0 radical (unpaired) electrons. The summed E-state index contributed by atoms with van der Waals surface area (Å²) in [5, 5.41) is 18.0. The SMILES string of the molecule is CCCn1cc(CNc2ccc(F)cc2[N+](=O)[O-])cn1. The van der Waals surface area contributed by atoms with Crippen molar-refractivity contribution < 1.29 is 9.31 Å². The lowest BCUT2D eigenvalue weighted by Crippen LogP contribution is -2.02. The van der Waals surface area contributed by atoms with E-state index < -0.39 is 10.7 Å². The lowest BCUT2D eigenvalue weighted by Gasteiger charge is -2.05. The van der Waals surface area contributed by atoms with Gasteiger partial charge in [-0.05, 0) is 18.6 Å². The van der Waals surface area contributed by atoms with E-state index in [1.807, 2.05) is 10.9 Å². The molecule has 0 aliphatic rings. The Morgan fingerprint density at radius 3 is 3.00 bits per heavy atom. The Labute approximate surface area is 115 Å². The van der Waals surface area contributed by atoms with Crippen molar-refractivity contribution in [2.45, 2.75) is 26.4 Å². The van der Waals surface area contributed by atoms with Crippen molar-refractivity contribution in [1.29, 1.82) is 0 Å². The molecule has 1 aromatic heterocycles. The molecule has 0 atom stereocenters. The first kappa shape index (κ1) is 14.0. The van der Waals surface area contributed by atoms with Gasteiger partial charge in [0, 0.05) is 24.8 Å². The molecule has 0 amide bonds. The number of hydrogen-bond donors (Lipinski definition) is 1. The molecular weight excluding hydrogens is 263 g/mol. The zero-order chi connectivity index (χ0) is 14.5. The molecule has 2 rings (SSSR count). The Bertz CT molecular complexity index is 612. The molecule has 0 spiro atoms. The first-order valence-electron chi connectivity index (χ1n) is 6.29. The first-order chi connectivity index (χ1) is 9.60. The zero-order valence-corrected chi connectivity index (χ0v) is 11.0. The fourth-order valence-corrected chi connectivity index (χ4v) is 1.85. The average Bonchev–Trinajstić information content (AvgIpc) is 2.85. The lowest BCUT2D eigenvalue weighted by molar-refractivity contribution is -0.384. The van der Waals surface area contributed by atoms with Gasteiger partial charge in [0.25, 0.3) is 5.69 Å². The van der Waals surface area contributed by atoms with Crippen LogP contribution in [-0.4, -0.2) is 14.7 Å². The molecule has 0 aliphatic heterocycles. The van der Waals surface area contributed by atoms with Crippen molar-refractivity contribution in [3.63, 3.8) is 0 Å². The molecular formula is C13H15FN4O2. The molecule has 0 fully saturated rings. The van der Waals surface area contributed by atoms with Crippen LogP contribution in [0, 0.1) is 15.9 Å². The normalized spacial score (nSPS) is 10.5. The van der Waals surface area contributed by atoms with Crippen LogP contribution in [0.15, 0.2) is 30.6 Å². The maximum absolute atomic E-state index is 13.0. The molecule has 0 saturated carbocycles. The van der Waals surface area contributed by atoms with Crippen LogP contribution in [0.1, 0.15) is 18.9 Å². The third-order valence-corrected chi connectivity index (χ3v) is 2.78. The minimum atomic E-state index is -0.627. The summed E-state index contributed by atoms with van der Waals surface area (Å²) in [4.78, 5) is 10.3. The second kappa shape index (κ2) is 6.14. The van der Waals surface area contributed by atoms with E-state index in [-0.39, 0.29) is 5.69 Å². The summed E-state index contributed by atoms with van der Waals surface area (Å²) < 4.78 is 14.8.